The van der Waals surface area contributed by atoms with Gasteiger partial charge in [-0.3, -0.25) is 14.4 Å². The maximum Gasteiger partial charge on any atom is 0.203 e. The summed E-state index contributed by atoms with van der Waals surface area (Å²) in [7, 11) is 1.87. The molecular formula is C22H25F2N5S. The molecule has 1 aliphatic heterocycles. The fourth-order valence-corrected chi connectivity index (χ4v) is 4.15. The summed E-state index contributed by atoms with van der Waals surface area (Å²) in [4.78, 5) is 4.30. The van der Waals surface area contributed by atoms with Crippen LogP contribution >= 0.6 is 12.2 Å². The third kappa shape index (κ3) is 4.66. The Morgan fingerprint density at radius 3 is 2.50 bits per heavy atom. The van der Waals surface area contributed by atoms with E-state index in [0.29, 0.717) is 23.5 Å². The first-order valence-corrected chi connectivity index (χ1v) is 10.5. The van der Waals surface area contributed by atoms with Crippen molar-refractivity contribution < 1.29 is 8.78 Å². The normalized spacial score (nSPS) is 14.7. The van der Waals surface area contributed by atoms with Crippen molar-refractivity contribution in [2.75, 3.05) is 20.1 Å². The average molecular weight is 430 g/mol. The lowest BCUT2D eigenvalue weighted by atomic mass is 10.2. The molecule has 0 unspecified atom stereocenters. The average Bonchev–Trinajstić information content (AvgIpc) is 3.33. The molecule has 1 fully saturated rings. The number of hydrogen-bond donors (Lipinski definition) is 0. The Bertz CT molecular complexity index is 1060. The number of likely N-dealkylation sites (tertiary alicyclic amines) is 1. The summed E-state index contributed by atoms with van der Waals surface area (Å²) in [6.07, 6.45) is 2.41. The first-order chi connectivity index (χ1) is 14.5. The highest BCUT2D eigenvalue weighted by atomic mass is 32.1. The Hall–Kier alpha value is -2.42. The summed E-state index contributed by atoms with van der Waals surface area (Å²) in [5, 5.41) is 4.81. The quantitative estimate of drug-likeness (QED) is 0.522. The number of hydrogen-bond acceptors (Lipinski definition) is 4. The lowest BCUT2D eigenvalue weighted by Gasteiger charge is -2.17. The second-order valence-corrected chi connectivity index (χ2v) is 8.11. The molecule has 8 heteroatoms. The first kappa shape index (κ1) is 20.8. The van der Waals surface area contributed by atoms with Crippen LogP contribution in [-0.4, -0.2) is 44.3 Å². The van der Waals surface area contributed by atoms with E-state index in [9.17, 15) is 8.78 Å². The Morgan fingerprint density at radius 1 is 1.07 bits per heavy atom. The van der Waals surface area contributed by atoms with Gasteiger partial charge in [-0.2, -0.15) is 5.10 Å². The fraction of sp³-hybridized carbons (Fsp3) is 0.364. The number of aromatic nitrogens is 3. The van der Waals surface area contributed by atoms with Gasteiger partial charge >= 0.3 is 0 Å². The van der Waals surface area contributed by atoms with Gasteiger partial charge in [0.05, 0.1) is 13.2 Å². The lowest BCUT2D eigenvalue weighted by Crippen LogP contribution is -2.23. The van der Waals surface area contributed by atoms with Gasteiger partial charge < -0.3 is 0 Å². The van der Waals surface area contributed by atoms with Gasteiger partial charge in [-0.05, 0) is 63.4 Å². The van der Waals surface area contributed by atoms with Crippen molar-refractivity contribution >= 4 is 12.2 Å². The van der Waals surface area contributed by atoms with Crippen molar-refractivity contribution in [1.82, 2.24) is 24.1 Å². The van der Waals surface area contributed by atoms with Gasteiger partial charge in [0, 0.05) is 23.9 Å². The number of nitrogens with zero attached hydrogens (tertiary/aromatic N) is 5. The van der Waals surface area contributed by atoms with Crippen LogP contribution in [0.2, 0.25) is 0 Å². The Kier molecular flexibility index (Phi) is 6.36. The highest BCUT2D eigenvalue weighted by molar-refractivity contribution is 7.71. The van der Waals surface area contributed by atoms with E-state index in [1.807, 2.05) is 46.8 Å². The van der Waals surface area contributed by atoms with Crippen molar-refractivity contribution in [2.24, 2.45) is 0 Å². The summed E-state index contributed by atoms with van der Waals surface area (Å²) >= 11 is 5.76. The molecule has 0 saturated carbocycles. The zero-order chi connectivity index (χ0) is 21.1. The van der Waals surface area contributed by atoms with Crippen molar-refractivity contribution in [2.45, 2.75) is 32.6 Å². The van der Waals surface area contributed by atoms with Crippen LogP contribution in [0.5, 0.6) is 0 Å². The van der Waals surface area contributed by atoms with E-state index in [-0.39, 0.29) is 0 Å². The van der Waals surface area contributed by atoms with Crippen molar-refractivity contribution in [3.8, 4) is 5.69 Å². The van der Waals surface area contributed by atoms with Crippen LogP contribution in [0, 0.1) is 16.4 Å². The Balaban J connectivity index is 1.59. The maximum atomic E-state index is 14.0. The van der Waals surface area contributed by atoms with Crippen molar-refractivity contribution in [3.05, 3.63) is 76.3 Å². The predicted molar refractivity (Wildman–Crippen MR) is 115 cm³/mol. The van der Waals surface area contributed by atoms with Gasteiger partial charge in [-0.15, -0.1) is 0 Å². The maximum absolute atomic E-state index is 14.0. The zero-order valence-corrected chi connectivity index (χ0v) is 17.8. The van der Waals surface area contributed by atoms with E-state index in [1.54, 1.807) is 4.68 Å². The predicted octanol–water partition coefficient (Wildman–Crippen LogP) is 4.37. The van der Waals surface area contributed by atoms with E-state index in [2.05, 4.69) is 4.90 Å². The molecule has 0 bridgehead atoms. The summed E-state index contributed by atoms with van der Waals surface area (Å²) in [6.45, 7) is 3.61. The molecule has 3 aromatic rings. The standard InChI is InChI=1S/C22H25F2N5S/c1-26(14-17-9-10-18(23)13-20(17)24)16-28-22(30)29(19-7-3-2-4-8-19)21(25-28)15-27-11-5-6-12-27/h2-4,7-10,13H,5-6,11-12,14-16H2,1H3. The zero-order valence-electron chi connectivity index (χ0n) is 17.0. The minimum Gasteiger partial charge on any atom is -0.296 e. The first-order valence-electron chi connectivity index (χ1n) is 10.1. The molecule has 0 radical (unpaired) electrons. The fourth-order valence-electron chi connectivity index (χ4n) is 3.84. The van der Waals surface area contributed by atoms with E-state index < -0.39 is 11.6 Å². The molecule has 5 nitrogen and oxygen atoms in total. The molecule has 158 valence electrons. The molecule has 30 heavy (non-hydrogen) atoms. The monoisotopic (exact) mass is 429 g/mol. The van der Waals surface area contributed by atoms with Crippen LogP contribution in [0.1, 0.15) is 24.2 Å². The van der Waals surface area contributed by atoms with Crippen molar-refractivity contribution in [1.29, 1.82) is 0 Å². The molecule has 1 aliphatic rings. The Labute approximate surface area is 180 Å². The van der Waals surface area contributed by atoms with Gasteiger partial charge in [-0.25, -0.2) is 13.5 Å². The molecule has 4 rings (SSSR count). The molecule has 0 spiro atoms. The molecule has 0 N–H and O–H groups in total. The van der Waals surface area contributed by atoms with Crippen LogP contribution in [0.3, 0.4) is 0 Å². The van der Waals surface area contributed by atoms with E-state index >= 15 is 0 Å². The second kappa shape index (κ2) is 9.16. The highest BCUT2D eigenvalue weighted by Crippen LogP contribution is 2.18. The molecular weight excluding hydrogens is 404 g/mol. The molecule has 1 aromatic heterocycles. The molecule has 0 atom stereocenters. The number of para-hydroxylation sites is 1. The topological polar surface area (TPSA) is 29.2 Å². The minimum absolute atomic E-state index is 0.327. The molecule has 0 aliphatic carbocycles. The van der Waals surface area contributed by atoms with Gasteiger partial charge in [0.2, 0.25) is 4.77 Å². The van der Waals surface area contributed by atoms with Crippen LogP contribution in [-0.2, 0) is 19.8 Å². The second-order valence-electron chi connectivity index (χ2n) is 7.74. The van der Waals surface area contributed by atoms with Crippen LogP contribution in [0.15, 0.2) is 48.5 Å². The summed E-state index contributed by atoms with van der Waals surface area (Å²) < 4.78 is 31.6. The molecule has 0 amide bonds. The van der Waals surface area contributed by atoms with E-state index in [1.165, 1.54) is 25.0 Å². The van der Waals surface area contributed by atoms with Gasteiger partial charge in [0.25, 0.3) is 0 Å². The van der Waals surface area contributed by atoms with Crippen LogP contribution < -0.4 is 0 Å². The third-order valence-electron chi connectivity index (χ3n) is 5.32. The SMILES string of the molecule is CN(Cc1ccc(F)cc1F)Cn1nc(CN2CCCC2)n(-c2ccccc2)c1=S. The number of rotatable bonds is 7. The summed E-state index contributed by atoms with van der Waals surface area (Å²) in [6, 6.07) is 13.6. The van der Waals surface area contributed by atoms with Gasteiger partial charge in [0.15, 0.2) is 5.82 Å². The smallest absolute Gasteiger partial charge is 0.203 e. The minimum atomic E-state index is -0.575. The summed E-state index contributed by atoms with van der Waals surface area (Å²) in [5.74, 6) is -0.223. The van der Waals surface area contributed by atoms with Crippen LogP contribution in [0.25, 0.3) is 5.69 Å². The lowest BCUT2D eigenvalue weighted by molar-refractivity contribution is 0.239. The number of halogens is 2. The molecule has 1 saturated heterocycles. The van der Waals surface area contributed by atoms with Crippen LogP contribution in [0.4, 0.5) is 8.78 Å². The summed E-state index contributed by atoms with van der Waals surface area (Å²) in [5.41, 5.74) is 1.42. The van der Waals surface area contributed by atoms with Crippen molar-refractivity contribution in [3.63, 3.8) is 0 Å². The van der Waals surface area contributed by atoms with Gasteiger partial charge in [0.1, 0.15) is 11.6 Å². The third-order valence-corrected chi connectivity index (χ3v) is 5.71. The Morgan fingerprint density at radius 2 is 1.80 bits per heavy atom. The van der Waals surface area contributed by atoms with E-state index in [4.69, 9.17) is 17.3 Å². The van der Waals surface area contributed by atoms with Gasteiger partial charge in [-0.1, -0.05) is 24.3 Å². The molecule has 2 heterocycles. The molecule has 2 aromatic carbocycles. The van der Waals surface area contributed by atoms with E-state index in [0.717, 1.165) is 37.2 Å². The number of benzene rings is 2. The largest absolute Gasteiger partial charge is 0.296 e. The highest BCUT2D eigenvalue weighted by Gasteiger charge is 2.19.